The molecule has 1 unspecified atom stereocenters. The highest BCUT2D eigenvalue weighted by molar-refractivity contribution is 5.88. The molecule has 1 atom stereocenters. The van der Waals surface area contributed by atoms with Gasteiger partial charge in [0.1, 0.15) is 6.04 Å². The first-order valence-corrected chi connectivity index (χ1v) is 7.23. The van der Waals surface area contributed by atoms with E-state index in [2.05, 4.69) is 5.32 Å². The molecule has 1 aliphatic carbocycles. The van der Waals surface area contributed by atoms with Crippen molar-refractivity contribution >= 4 is 11.8 Å². The number of hydrogen-bond acceptors (Lipinski definition) is 2. The van der Waals surface area contributed by atoms with Crippen molar-refractivity contribution in [3.05, 3.63) is 0 Å². The van der Waals surface area contributed by atoms with Crippen LogP contribution in [0.2, 0.25) is 0 Å². The minimum absolute atomic E-state index is 0.00973. The van der Waals surface area contributed by atoms with Crippen LogP contribution < -0.4 is 5.32 Å². The fraction of sp³-hybridized carbons (Fsp3) is 0.857. The van der Waals surface area contributed by atoms with Gasteiger partial charge in [-0.1, -0.05) is 19.3 Å². The number of nitrogens with zero attached hydrogens (tertiary/aromatic N) is 1. The van der Waals surface area contributed by atoms with Crippen molar-refractivity contribution in [1.82, 2.24) is 10.2 Å². The third-order valence-electron chi connectivity index (χ3n) is 4.31. The van der Waals surface area contributed by atoms with Crippen molar-refractivity contribution in [2.75, 3.05) is 13.6 Å². The molecule has 2 rings (SSSR count). The minimum Gasteiger partial charge on any atom is -0.357 e. The number of amides is 2. The van der Waals surface area contributed by atoms with Crippen molar-refractivity contribution in [3.8, 4) is 0 Å². The van der Waals surface area contributed by atoms with Crippen LogP contribution in [0.15, 0.2) is 0 Å². The van der Waals surface area contributed by atoms with Gasteiger partial charge in [-0.2, -0.15) is 0 Å². The van der Waals surface area contributed by atoms with Crippen LogP contribution in [-0.4, -0.2) is 36.3 Å². The maximum absolute atomic E-state index is 12.3. The zero-order valence-electron chi connectivity index (χ0n) is 11.3. The molecule has 0 radical (unpaired) electrons. The Balaban J connectivity index is 1.89. The quantitative estimate of drug-likeness (QED) is 0.831. The van der Waals surface area contributed by atoms with E-state index in [0.717, 1.165) is 19.4 Å². The Morgan fingerprint density at radius 1 is 1.11 bits per heavy atom. The molecule has 0 bridgehead atoms. The molecule has 0 aromatic rings. The average molecular weight is 252 g/mol. The molecule has 2 aliphatic rings. The molecule has 4 nitrogen and oxygen atoms in total. The molecule has 2 fully saturated rings. The fourth-order valence-corrected chi connectivity index (χ4v) is 3.26. The molecule has 0 aromatic heterocycles. The Bertz CT molecular complexity index is 311. The molecule has 4 heteroatoms. The Labute approximate surface area is 109 Å². The molecule has 1 aliphatic heterocycles. The van der Waals surface area contributed by atoms with Crippen molar-refractivity contribution in [1.29, 1.82) is 0 Å². The summed E-state index contributed by atoms with van der Waals surface area (Å²) in [5.74, 6) is 0.731. The molecule has 1 N–H and O–H groups in total. The number of carbonyl (C=O) groups excluding carboxylic acids is 2. The summed E-state index contributed by atoms with van der Waals surface area (Å²) in [7, 11) is 1.64. The number of hydrogen-bond donors (Lipinski definition) is 1. The van der Waals surface area contributed by atoms with Crippen molar-refractivity contribution in [2.24, 2.45) is 5.92 Å². The van der Waals surface area contributed by atoms with Crippen molar-refractivity contribution in [2.45, 2.75) is 57.4 Å². The van der Waals surface area contributed by atoms with Gasteiger partial charge in [0.2, 0.25) is 11.8 Å². The van der Waals surface area contributed by atoms with Crippen molar-refractivity contribution < 1.29 is 9.59 Å². The molecule has 18 heavy (non-hydrogen) atoms. The summed E-state index contributed by atoms with van der Waals surface area (Å²) in [5.41, 5.74) is 0. The molecule has 1 saturated heterocycles. The third kappa shape index (κ3) is 3.03. The summed E-state index contributed by atoms with van der Waals surface area (Å²) < 4.78 is 0. The van der Waals surface area contributed by atoms with E-state index in [0.29, 0.717) is 12.3 Å². The second-order valence-corrected chi connectivity index (χ2v) is 5.57. The van der Waals surface area contributed by atoms with Crippen LogP contribution in [0, 0.1) is 5.92 Å². The van der Waals surface area contributed by atoms with Gasteiger partial charge in [-0.05, 0) is 31.6 Å². The van der Waals surface area contributed by atoms with Crippen molar-refractivity contribution in [3.63, 3.8) is 0 Å². The van der Waals surface area contributed by atoms with Crippen LogP contribution in [0.3, 0.4) is 0 Å². The van der Waals surface area contributed by atoms with Crippen LogP contribution in [0.25, 0.3) is 0 Å². The average Bonchev–Trinajstić information content (AvgIpc) is 2.88. The fourth-order valence-electron chi connectivity index (χ4n) is 3.26. The molecule has 1 saturated carbocycles. The Morgan fingerprint density at radius 2 is 1.83 bits per heavy atom. The highest BCUT2D eigenvalue weighted by atomic mass is 16.2. The van der Waals surface area contributed by atoms with Crippen LogP contribution in [0.1, 0.15) is 51.4 Å². The van der Waals surface area contributed by atoms with Crippen LogP contribution in [-0.2, 0) is 9.59 Å². The SMILES string of the molecule is CNC(=O)C1CCCN1C(=O)CC1CCCCC1. The van der Waals surface area contributed by atoms with Crippen LogP contribution >= 0.6 is 0 Å². The molecule has 1 heterocycles. The Hall–Kier alpha value is -1.06. The van der Waals surface area contributed by atoms with E-state index in [1.165, 1.54) is 32.1 Å². The van der Waals surface area contributed by atoms with Gasteiger partial charge in [0, 0.05) is 20.0 Å². The first kappa shape index (κ1) is 13.4. The number of rotatable bonds is 3. The van der Waals surface area contributed by atoms with Gasteiger partial charge >= 0.3 is 0 Å². The van der Waals surface area contributed by atoms with Crippen LogP contribution in [0.5, 0.6) is 0 Å². The van der Waals surface area contributed by atoms with E-state index in [1.54, 1.807) is 11.9 Å². The Kier molecular flexibility index (Phi) is 4.61. The summed E-state index contributed by atoms with van der Waals surface area (Å²) in [6.45, 7) is 0.754. The summed E-state index contributed by atoms with van der Waals surface area (Å²) in [5, 5.41) is 2.66. The second-order valence-electron chi connectivity index (χ2n) is 5.57. The molecular formula is C14H24N2O2. The summed E-state index contributed by atoms with van der Waals surface area (Å²) in [4.78, 5) is 25.8. The zero-order chi connectivity index (χ0) is 13.0. The van der Waals surface area contributed by atoms with Gasteiger partial charge in [0.25, 0.3) is 0 Å². The van der Waals surface area contributed by atoms with Gasteiger partial charge in [0.05, 0.1) is 0 Å². The smallest absolute Gasteiger partial charge is 0.242 e. The lowest BCUT2D eigenvalue weighted by molar-refractivity contribution is -0.139. The largest absolute Gasteiger partial charge is 0.357 e. The maximum Gasteiger partial charge on any atom is 0.242 e. The first-order valence-electron chi connectivity index (χ1n) is 7.23. The van der Waals surface area contributed by atoms with E-state index >= 15 is 0 Å². The zero-order valence-corrected chi connectivity index (χ0v) is 11.3. The number of nitrogens with one attached hydrogen (secondary N) is 1. The van der Waals surface area contributed by atoms with Crippen LogP contribution in [0.4, 0.5) is 0 Å². The summed E-state index contributed by atoms with van der Waals surface area (Å²) in [6.07, 6.45) is 8.62. The highest BCUT2D eigenvalue weighted by Crippen LogP contribution is 2.28. The van der Waals surface area contributed by atoms with Gasteiger partial charge in [-0.3, -0.25) is 9.59 Å². The van der Waals surface area contributed by atoms with E-state index in [4.69, 9.17) is 0 Å². The molecule has 0 spiro atoms. The van der Waals surface area contributed by atoms with E-state index < -0.39 is 0 Å². The van der Waals surface area contributed by atoms with Gasteiger partial charge < -0.3 is 10.2 Å². The predicted octanol–water partition coefficient (Wildman–Crippen LogP) is 1.69. The van der Waals surface area contributed by atoms with Gasteiger partial charge in [-0.15, -0.1) is 0 Å². The first-order chi connectivity index (χ1) is 8.72. The third-order valence-corrected chi connectivity index (χ3v) is 4.31. The normalized spacial score (nSPS) is 25.2. The topological polar surface area (TPSA) is 49.4 Å². The maximum atomic E-state index is 12.3. The predicted molar refractivity (Wildman–Crippen MR) is 70.0 cm³/mol. The monoisotopic (exact) mass is 252 g/mol. The van der Waals surface area contributed by atoms with E-state index in [9.17, 15) is 9.59 Å². The summed E-state index contributed by atoms with van der Waals surface area (Å²) in [6, 6.07) is -0.217. The van der Waals surface area contributed by atoms with Gasteiger partial charge in [0.15, 0.2) is 0 Å². The molecule has 102 valence electrons. The second kappa shape index (κ2) is 6.21. The number of carbonyl (C=O) groups is 2. The highest BCUT2D eigenvalue weighted by Gasteiger charge is 2.34. The molecular weight excluding hydrogens is 228 g/mol. The number of likely N-dealkylation sites (N-methyl/N-ethyl adjacent to an activating group) is 1. The molecule has 0 aromatic carbocycles. The van der Waals surface area contributed by atoms with Gasteiger partial charge in [-0.25, -0.2) is 0 Å². The summed E-state index contributed by atoms with van der Waals surface area (Å²) >= 11 is 0. The minimum atomic E-state index is -0.217. The lowest BCUT2D eigenvalue weighted by Gasteiger charge is -2.27. The Morgan fingerprint density at radius 3 is 2.50 bits per heavy atom. The van der Waals surface area contributed by atoms with E-state index in [-0.39, 0.29) is 17.9 Å². The number of likely N-dealkylation sites (tertiary alicyclic amines) is 1. The standard InChI is InChI=1S/C14H24N2O2/c1-15-14(18)12-8-5-9-16(12)13(17)10-11-6-3-2-4-7-11/h11-12H,2-10H2,1H3,(H,15,18). The lowest BCUT2D eigenvalue weighted by Crippen LogP contribution is -2.45. The van der Waals surface area contributed by atoms with E-state index in [1.807, 2.05) is 0 Å². The molecule has 2 amide bonds. The lowest BCUT2D eigenvalue weighted by atomic mass is 9.86.